The largest absolute Gasteiger partial charge is 0.379 e. The predicted octanol–water partition coefficient (Wildman–Crippen LogP) is 3.27. The first-order valence-electron chi connectivity index (χ1n) is 6.82. The number of aromatic nitrogens is 1. The zero-order valence-corrected chi connectivity index (χ0v) is 13.0. The Morgan fingerprint density at radius 2 is 2.00 bits per heavy atom. The van der Waals surface area contributed by atoms with Crippen LogP contribution in [0.1, 0.15) is 10.4 Å². The zero-order chi connectivity index (χ0) is 13.6. The molecule has 0 amide bonds. The van der Waals surface area contributed by atoms with Gasteiger partial charge in [0.05, 0.1) is 13.2 Å². The van der Waals surface area contributed by atoms with Crippen LogP contribution < -0.4 is 0 Å². The molecule has 0 atom stereocenters. The number of benzene rings is 1. The summed E-state index contributed by atoms with van der Waals surface area (Å²) >= 11 is 3.64. The van der Waals surface area contributed by atoms with Crippen LogP contribution >= 0.6 is 23.1 Å². The monoisotopic (exact) mass is 306 g/mol. The Labute approximate surface area is 128 Å². The standard InChI is InChI=1S/C15H18N2OS2/c1-2-4-13(5-3-1)12-19-15-16-10-14(20-15)11-17-6-8-18-9-7-17/h1-5,10H,6-9,11-12H2. The molecule has 0 unspecified atom stereocenters. The fraction of sp³-hybridized carbons (Fsp3) is 0.400. The minimum atomic E-state index is 0.856. The molecule has 0 N–H and O–H groups in total. The van der Waals surface area contributed by atoms with E-state index >= 15 is 0 Å². The molecule has 20 heavy (non-hydrogen) atoms. The van der Waals surface area contributed by atoms with Crippen LogP contribution in [0.15, 0.2) is 40.9 Å². The lowest BCUT2D eigenvalue weighted by atomic mass is 10.2. The van der Waals surface area contributed by atoms with Gasteiger partial charge in [0.15, 0.2) is 0 Å². The number of morpholine rings is 1. The molecule has 3 rings (SSSR count). The molecule has 2 aromatic rings. The summed E-state index contributed by atoms with van der Waals surface area (Å²) in [6, 6.07) is 10.5. The average molecular weight is 306 g/mol. The molecule has 0 saturated carbocycles. The van der Waals surface area contributed by atoms with Crippen molar-refractivity contribution in [1.82, 2.24) is 9.88 Å². The van der Waals surface area contributed by atoms with Crippen molar-refractivity contribution in [3.63, 3.8) is 0 Å². The molecule has 1 fully saturated rings. The molecule has 1 aromatic heterocycles. The second kappa shape index (κ2) is 7.22. The van der Waals surface area contributed by atoms with Crippen LogP contribution in [-0.2, 0) is 17.0 Å². The Balaban J connectivity index is 1.51. The molecule has 0 radical (unpaired) electrons. The van der Waals surface area contributed by atoms with Crippen molar-refractivity contribution in [2.24, 2.45) is 0 Å². The molecule has 1 aromatic carbocycles. The molecule has 1 aliphatic rings. The molecule has 1 saturated heterocycles. The van der Waals surface area contributed by atoms with Gasteiger partial charge in [-0.1, -0.05) is 42.1 Å². The van der Waals surface area contributed by atoms with Crippen molar-refractivity contribution in [2.45, 2.75) is 16.6 Å². The Kier molecular flexibility index (Phi) is 5.08. The number of hydrogen-bond acceptors (Lipinski definition) is 5. The summed E-state index contributed by atoms with van der Waals surface area (Å²) in [5.41, 5.74) is 1.35. The van der Waals surface area contributed by atoms with Crippen LogP contribution in [0.25, 0.3) is 0 Å². The first-order chi connectivity index (χ1) is 9.90. The maximum atomic E-state index is 5.37. The van der Waals surface area contributed by atoms with Gasteiger partial charge in [0, 0.05) is 36.5 Å². The Morgan fingerprint density at radius 1 is 1.20 bits per heavy atom. The molecule has 2 heterocycles. The maximum absolute atomic E-state index is 5.37. The van der Waals surface area contributed by atoms with Crippen LogP contribution in [-0.4, -0.2) is 36.2 Å². The van der Waals surface area contributed by atoms with Gasteiger partial charge >= 0.3 is 0 Å². The van der Waals surface area contributed by atoms with Crippen molar-refractivity contribution < 1.29 is 4.74 Å². The molecule has 5 heteroatoms. The van der Waals surface area contributed by atoms with E-state index in [0.29, 0.717) is 0 Å². The summed E-state index contributed by atoms with van der Waals surface area (Å²) in [5, 5.41) is 0. The van der Waals surface area contributed by atoms with Crippen molar-refractivity contribution >= 4 is 23.1 Å². The Bertz CT molecular complexity index is 524. The van der Waals surface area contributed by atoms with E-state index < -0.39 is 0 Å². The topological polar surface area (TPSA) is 25.4 Å². The van der Waals surface area contributed by atoms with Gasteiger partial charge in [-0.2, -0.15) is 0 Å². The third kappa shape index (κ3) is 4.06. The number of nitrogens with zero attached hydrogens (tertiary/aromatic N) is 2. The lowest BCUT2D eigenvalue weighted by molar-refractivity contribution is 0.0346. The van der Waals surface area contributed by atoms with Crippen LogP contribution in [0.5, 0.6) is 0 Å². The fourth-order valence-corrected chi connectivity index (χ4v) is 4.15. The fourth-order valence-electron chi connectivity index (χ4n) is 2.13. The first-order valence-corrected chi connectivity index (χ1v) is 8.62. The van der Waals surface area contributed by atoms with Crippen molar-refractivity contribution in [1.29, 1.82) is 0 Å². The lowest BCUT2D eigenvalue weighted by Crippen LogP contribution is -2.35. The highest BCUT2D eigenvalue weighted by molar-refractivity contribution is 8.00. The molecule has 1 aliphatic heterocycles. The normalized spacial score (nSPS) is 16.4. The number of rotatable bonds is 5. The summed E-state index contributed by atoms with van der Waals surface area (Å²) in [4.78, 5) is 8.30. The third-order valence-electron chi connectivity index (χ3n) is 3.22. The summed E-state index contributed by atoms with van der Waals surface area (Å²) in [6.45, 7) is 4.78. The van der Waals surface area contributed by atoms with E-state index in [2.05, 4.69) is 40.2 Å². The SMILES string of the molecule is c1ccc(CSc2ncc(CN3CCOCC3)s2)cc1. The van der Waals surface area contributed by atoms with Crippen LogP contribution in [0.4, 0.5) is 0 Å². The third-order valence-corrected chi connectivity index (χ3v) is 5.43. The van der Waals surface area contributed by atoms with E-state index in [1.165, 1.54) is 10.4 Å². The van der Waals surface area contributed by atoms with E-state index in [1.807, 2.05) is 29.3 Å². The second-order valence-corrected chi connectivity index (χ2v) is 7.09. The van der Waals surface area contributed by atoms with Crippen molar-refractivity contribution in [2.75, 3.05) is 26.3 Å². The average Bonchev–Trinajstić information content (AvgIpc) is 2.95. The molecule has 3 nitrogen and oxygen atoms in total. The number of thioether (sulfide) groups is 1. The van der Waals surface area contributed by atoms with Crippen LogP contribution in [0.2, 0.25) is 0 Å². The Hall–Kier alpha value is -0.880. The number of hydrogen-bond donors (Lipinski definition) is 0. The first kappa shape index (κ1) is 14.1. The number of ether oxygens (including phenoxy) is 1. The van der Waals surface area contributed by atoms with Crippen molar-refractivity contribution in [3.05, 3.63) is 47.0 Å². The van der Waals surface area contributed by atoms with Crippen molar-refractivity contribution in [3.8, 4) is 0 Å². The van der Waals surface area contributed by atoms with E-state index in [1.54, 1.807) is 0 Å². The smallest absolute Gasteiger partial charge is 0.150 e. The number of thiazole rings is 1. The highest BCUT2D eigenvalue weighted by atomic mass is 32.2. The summed E-state index contributed by atoms with van der Waals surface area (Å²) in [7, 11) is 0. The summed E-state index contributed by atoms with van der Waals surface area (Å²) in [5.74, 6) is 0.991. The minimum Gasteiger partial charge on any atom is -0.379 e. The van der Waals surface area contributed by atoms with E-state index in [-0.39, 0.29) is 0 Å². The Morgan fingerprint density at radius 3 is 2.80 bits per heavy atom. The van der Waals surface area contributed by atoms with Crippen LogP contribution in [0.3, 0.4) is 0 Å². The molecular weight excluding hydrogens is 288 g/mol. The zero-order valence-electron chi connectivity index (χ0n) is 11.3. The summed E-state index contributed by atoms with van der Waals surface area (Å²) in [6.07, 6.45) is 2.02. The van der Waals surface area contributed by atoms with E-state index in [9.17, 15) is 0 Å². The highest BCUT2D eigenvalue weighted by Gasteiger charge is 2.12. The second-order valence-electron chi connectivity index (χ2n) is 4.76. The molecule has 0 aliphatic carbocycles. The van der Waals surface area contributed by atoms with E-state index in [4.69, 9.17) is 4.74 Å². The molecule has 106 valence electrons. The van der Waals surface area contributed by atoms with E-state index in [0.717, 1.165) is 42.9 Å². The van der Waals surface area contributed by atoms with Gasteiger partial charge in [0.25, 0.3) is 0 Å². The quantitative estimate of drug-likeness (QED) is 0.792. The van der Waals surface area contributed by atoms with Gasteiger partial charge in [-0.3, -0.25) is 4.90 Å². The molecule has 0 bridgehead atoms. The van der Waals surface area contributed by atoms with Gasteiger partial charge in [-0.15, -0.1) is 11.3 Å². The van der Waals surface area contributed by atoms with Gasteiger partial charge in [0.1, 0.15) is 4.34 Å². The highest BCUT2D eigenvalue weighted by Crippen LogP contribution is 2.28. The van der Waals surface area contributed by atoms with Gasteiger partial charge in [0.2, 0.25) is 0 Å². The molecule has 0 spiro atoms. The minimum absolute atomic E-state index is 0.856. The summed E-state index contributed by atoms with van der Waals surface area (Å²) < 4.78 is 6.54. The van der Waals surface area contributed by atoms with Gasteiger partial charge < -0.3 is 4.74 Å². The van der Waals surface area contributed by atoms with Crippen LogP contribution in [0, 0.1) is 0 Å². The maximum Gasteiger partial charge on any atom is 0.150 e. The van der Waals surface area contributed by atoms with Gasteiger partial charge in [-0.25, -0.2) is 4.98 Å². The van der Waals surface area contributed by atoms with Gasteiger partial charge in [-0.05, 0) is 5.56 Å². The molecular formula is C15H18N2OS2. The lowest BCUT2D eigenvalue weighted by Gasteiger charge is -2.25. The predicted molar refractivity (Wildman–Crippen MR) is 84.2 cm³/mol.